The van der Waals surface area contributed by atoms with Gasteiger partial charge in [-0.1, -0.05) is 13.3 Å². The third-order valence-corrected chi connectivity index (χ3v) is 5.47. The highest BCUT2D eigenvalue weighted by atomic mass is 16.1. The molecule has 112 valence electrons. The number of carbonyl (C=O) groups is 1. The summed E-state index contributed by atoms with van der Waals surface area (Å²) in [4.78, 5) is 16.2. The van der Waals surface area contributed by atoms with E-state index in [1.165, 1.54) is 0 Å². The van der Waals surface area contributed by atoms with E-state index in [1.54, 1.807) is 6.07 Å². The third kappa shape index (κ3) is 2.04. The van der Waals surface area contributed by atoms with Gasteiger partial charge in [0.25, 0.3) is 0 Å². The standard InChI is InChI=1S/C18H19N3O/c1-17(5-2-6-18(10-17)8-16(18)22)11-21-12-20-14-4-3-13(9-19)7-15(14)21/h3-4,7,12H,2,5-6,8,10-11H2,1H3/t17-,18+/m0/s1. The van der Waals surface area contributed by atoms with Gasteiger partial charge in [-0.25, -0.2) is 4.98 Å². The van der Waals surface area contributed by atoms with E-state index < -0.39 is 0 Å². The molecule has 0 bridgehead atoms. The number of benzene rings is 1. The lowest BCUT2D eigenvalue weighted by atomic mass is 9.69. The maximum absolute atomic E-state index is 11.8. The molecule has 1 heterocycles. The van der Waals surface area contributed by atoms with Crippen LogP contribution in [0.4, 0.5) is 0 Å². The third-order valence-electron chi connectivity index (χ3n) is 5.47. The molecule has 2 saturated carbocycles. The second-order valence-corrected chi connectivity index (χ2v) is 7.41. The maximum atomic E-state index is 11.8. The molecule has 2 atom stereocenters. The van der Waals surface area contributed by atoms with E-state index in [-0.39, 0.29) is 10.8 Å². The Kier molecular flexibility index (Phi) is 2.72. The average molecular weight is 293 g/mol. The maximum Gasteiger partial charge on any atom is 0.140 e. The second-order valence-electron chi connectivity index (χ2n) is 7.41. The van der Waals surface area contributed by atoms with E-state index >= 15 is 0 Å². The largest absolute Gasteiger partial charge is 0.330 e. The Morgan fingerprint density at radius 3 is 2.95 bits per heavy atom. The topological polar surface area (TPSA) is 58.7 Å². The molecule has 0 amide bonds. The van der Waals surface area contributed by atoms with Crippen LogP contribution in [0, 0.1) is 22.2 Å². The van der Waals surface area contributed by atoms with Crippen molar-refractivity contribution in [1.29, 1.82) is 5.26 Å². The van der Waals surface area contributed by atoms with Crippen LogP contribution in [0.1, 0.15) is 44.6 Å². The summed E-state index contributed by atoms with van der Waals surface area (Å²) < 4.78 is 2.15. The van der Waals surface area contributed by atoms with Crippen LogP contribution in [0.15, 0.2) is 24.5 Å². The molecule has 2 aliphatic carbocycles. The summed E-state index contributed by atoms with van der Waals surface area (Å²) in [6.07, 6.45) is 7.01. The van der Waals surface area contributed by atoms with Crippen molar-refractivity contribution in [3.05, 3.63) is 30.1 Å². The molecule has 2 aliphatic rings. The first-order chi connectivity index (χ1) is 10.5. The number of Topliss-reactive ketones (excluding diaryl/α,β-unsaturated/α-hetero) is 1. The van der Waals surface area contributed by atoms with Crippen molar-refractivity contribution in [2.75, 3.05) is 0 Å². The zero-order valence-corrected chi connectivity index (χ0v) is 12.8. The Labute approximate surface area is 129 Å². The quantitative estimate of drug-likeness (QED) is 0.852. The molecule has 1 aromatic heterocycles. The lowest BCUT2D eigenvalue weighted by molar-refractivity contribution is -0.114. The fourth-order valence-corrected chi connectivity index (χ4v) is 4.30. The molecule has 2 fully saturated rings. The zero-order chi connectivity index (χ0) is 15.4. The molecule has 2 aromatic rings. The van der Waals surface area contributed by atoms with Gasteiger partial charge in [0, 0.05) is 18.4 Å². The van der Waals surface area contributed by atoms with E-state index in [0.717, 1.165) is 49.7 Å². The van der Waals surface area contributed by atoms with Gasteiger partial charge >= 0.3 is 0 Å². The number of ketones is 1. The molecule has 0 aliphatic heterocycles. The van der Waals surface area contributed by atoms with Crippen LogP contribution in [0.2, 0.25) is 0 Å². The highest BCUT2D eigenvalue weighted by Gasteiger charge is 2.57. The van der Waals surface area contributed by atoms with Gasteiger partial charge in [-0.05, 0) is 42.9 Å². The number of nitriles is 1. The summed E-state index contributed by atoms with van der Waals surface area (Å²) in [5, 5.41) is 9.09. The molecule has 22 heavy (non-hydrogen) atoms. The summed E-state index contributed by atoms with van der Waals surface area (Å²) in [6, 6.07) is 7.81. The van der Waals surface area contributed by atoms with Crippen LogP contribution < -0.4 is 0 Å². The van der Waals surface area contributed by atoms with Crippen molar-refractivity contribution in [3.8, 4) is 6.07 Å². The summed E-state index contributed by atoms with van der Waals surface area (Å²) in [5.74, 6) is 0.459. The number of imidazole rings is 1. The smallest absolute Gasteiger partial charge is 0.140 e. The molecule has 0 N–H and O–H groups in total. The lowest BCUT2D eigenvalue weighted by Crippen LogP contribution is -2.31. The Bertz CT molecular complexity index is 815. The monoisotopic (exact) mass is 293 g/mol. The van der Waals surface area contributed by atoms with Gasteiger partial charge < -0.3 is 4.57 Å². The molecular weight excluding hydrogens is 274 g/mol. The Morgan fingerprint density at radius 2 is 2.23 bits per heavy atom. The van der Waals surface area contributed by atoms with E-state index in [9.17, 15) is 4.79 Å². The molecule has 4 nitrogen and oxygen atoms in total. The van der Waals surface area contributed by atoms with Crippen molar-refractivity contribution in [3.63, 3.8) is 0 Å². The number of hydrogen-bond acceptors (Lipinski definition) is 3. The predicted molar refractivity (Wildman–Crippen MR) is 83.1 cm³/mol. The van der Waals surface area contributed by atoms with Gasteiger partial charge in [-0.15, -0.1) is 0 Å². The predicted octanol–water partition coefficient (Wildman–Crippen LogP) is 3.45. The lowest BCUT2D eigenvalue weighted by Gasteiger charge is -2.38. The van der Waals surface area contributed by atoms with E-state index in [0.29, 0.717) is 11.3 Å². The van der Waals surface area contributed by atoms with Crippen molar-refractivity contribution >= 4 is 16.8 Å². The van der Waals surface area contributed by atoms with Gasteiger partial charge in [0.2, 0.25) is 0 Å². The SMILES string of the molecule is C[C@]1(Cn2cnc3ccc(C#N)cc32)CCC[C@@]2(CC2=O)C1. The van der Waals surface area contributed by atoms with Gasteiger partial charge in [-0.3, -0.25) is 4.79 Å². The van der Waals surface area contributed by atoms with Crippen molar-refractivity contribution < 1.29 is 4.79 Å². The van der Waals surface area contributed by atoms with Crippen LogP contribution in [0.5, 0.6) is 0 Å². The van der Waals surface area contributed by atoms with Crippen molar-refractivity contribution in [2.24, 2.45) is 10.8 Å². The van der Waals surface area contributed by atoms with Crippen molar-refractivity contribution in [1.82, 2.24) is 9.55 Å². The number of fused-ring (bicyclic) bond motifs is 1. The fraction of sp³-hybridized carbons (Fsp3) is 0.500. The second kappa shape index (κ2) is 4.42. The Morgan fingerprint density at radius 1 is 1.41 bits per heavy atom. The molecule has 0 unspecified atom stereocenters. The summed E-state index contributed by atoms with van der Waals surface area (Å²) >= 11 is 0. The van der Waals surface area contributed by atoms with E-state index in [2.05, 4.69) is 22.5 Å². The van der Waals surface area contributed by atoms with E-state index in [4.69, 9.17) is 5.26 Å². The molecule has 4 rings (SSSR count). The molecule has 0 radical (unpaired) electrons. The summed E-state index contributed by atoms with van der Waals surface area (Å²) in [6.45, 7) is 3.16. The van der Waals surface area contributed by atoms with E-state index in [1.807, 2.05) is 18.5 Å². The minimum absolute atomic E-state index is 0.00119. The molecular formula is C18H19N3O. The number of hydrogen-bond donors (Lipinski definition) is 0. The molecule has 1 aromatic carbocycles. The first-order valence-corrected chi connectivity index (χ1v) is 7.92. The highest BCUT2D eigenvalue weighted by molar-refractivity contribution is 6.00. The number of carbonyl (C=O) groups excluding carboxylic acids is 1. The molecule has 0 saturated heterocycles. The van der Waals surface area contributed by atoms with Crippen LogP contribution in [-0.2, 0) is 11.3 Å². The fourth-order valence-electron chi connectivity index (χ4n) is 4.30. The number of rotatable bonds is 2. The van der Waals surface area contributed by atoms with Gasteiger partial charge in [-0.2, -0.15) is 5.26 Å². The van der Waals surface area contributed by atoms with Gasteiger partial charge in [0.1, 0.15) is 5.78 Å². The first-order valence-electron chi connectivity index (χ1n) is 7.92. The van der Waals surface area contributed by atoms with Gasteiger partial charge in [0.15, 0.2) is 0 Å². The Hall–Kier alpha value is -2.15. The van der Waals surface area contributed by atoms with Crippen LogP contribution in [-0.4, -0.2) is 15.3 Å². The number of aromatic nitrogens is 2. The molecule has 1 spiro atoms. The van der Waals surface area contributed by atoms with Crippen LogP contribution in [0.3, 0.4) is 0 Å². The minimum atomic E-state index is 0.00119. The average Bonchev–Trinajstić information content (AvgIpc) is 2.93. The summed E-state index contributed by atoms with van der Waals surface area (Å²) in [5.41, 5.74) is 2.75. The zero-order valence-electron chi connectivity index (χ0n) is 12.8. The first kappa shape index (κ1) is 13.5. The van der Waals surface area contributed by atoms with Gasteiger partial charge in [0.05, 0.1) is 29.0 Å². The highest BCUT2D eigenvalue weighted by Crippen LogP contribution is 2.58. The molecule has 4 heteroatoms. The Balaban J connectivity index is 1.65. The summed E-state index contributed by atoms with van der Waals surface area (Å²) in [7, 11) is 0. The normalized spacial score (nSPS) is 30.6. The minimum Gasteiger partial charge on any atom is -0.330 e. The van der Waals surface area contributed by atoms with Crippen LogP contribution in [0.25, 0.3) is 11.0 Å². The number of nitrogens with zero attached hydrogens (tertiary/aromatic N) is 3. The van der Waals surface area contributed by atoms with Crippen molar-refractivity contribution in [2.45, 2.75) is 45.6 Å². The van der Waals surface area contributed by atoms with Crippen LogP contribution >= 0.6 is 0 Å².